The number of benzene rings is 3. The Morgan fingerprint density at radius 1 is 0.950 bits per heavy atom. The molecule has 0 bridgehead atoms. The van der Waals surface area contributed by atoms with Gasteiger partial charge in [-0.15, -0.1) is 0 Å². The Labute approximate surface area is 245 Å². The number of sulfonamides is 1. The van der Waals surface area contributed by atoms with Crippen LogP contribution in [0.3, 0.4) is 0 Å². The van der Waals surface area contributed by atoms with E-state index in [1.807, 2.05) is 52.0 Å². The quantitative estimate of drug-likeness (QED) is 0.307. The summed E-state index contributed by atoms with van der Waals surface area (Å²) >= 11 is 3.42. The van der Waals surface area contributed by atoms with Crippen molar-refractivity contribution in [1.29, 1.82) is 0 Å². The van der Waals surface area contributed by atoms with Gasteiger partial charge in [0.25, 0.3) is 10.0 Å². The molecular formula is C30H36BrN3O5S. The van der Waals surface area contributed by atoms with Crippen LogP contribution < -0.4 is 14.4 Å². The average Bonchev–Trinajstić information content (AvgIpc) is 2.91. The third kappa shape index (κ3) is 8.32. The predicted molar refractivity (Wildman–Crippen MR) is 161 cm³/mol. The van der Waals surface area contributed by atoms with Crippen LogP contribution in [0.5, 0.6) is 5.75 Å². The van der Waals surface area contributed by atoms with Crippen molar-refractivity contribution in [3.05, 3.63) is 88.9 Å². The van der Waals surface area contributed by atoms with Gasteiger partial charge < -0.3 is 15.0 Å². The molecule has 1 unspecified atom stereocenters. The van der Waals surface area contributed by atoms with Gasteiger partial charge >= 0.3 is 0 Å². The molecule has 0 radical (unpaired) electrons. The van der Waals surface area contributed by atoms with Gasteiger partial charge in [0.05, 0.1) is 17.2 Å². The van der Waals surface area contributed by atoms with Crippen LogP contribution in [-0.4, -0.2) is 49.9 Å². The minimum absolute atomic E-state index is 0.0506. The molecule has 2 amide bonds. The highest BCUT2D eigenvalue weighted by atomic mass is 79.9. The maximum absolute atomic E-state index is 14.0. The van der Waals surface area contributed by atoms with E-state index in [0.717, 1.165) is 14.3 Å². The first-order valence-electron chi connectivity index (χ1n) is 13.0. The fourth-order valence-electron chi connectivity index (χ4n) is 3.97. The van der Waals surface area contributed by atoms with Crippen molar-refractivity contribution in [1.82, 2.24) is 10.2 Å². The second-order valence-electron chi connectivity index (χ2n) is 10.3. The molecule has 0 aliphatic heterocycles. The first-order valence-corrected chi connectivity index (χ1v) is 15.2. The van der Waals surface area contributed by atoms with E-state index >= 15 is 0 Å². The van der Waals surface area contributed by atoms with E-state index in [4.69, 9.17) is 4.74 Å². The highest BCUT2D eigenvalue weighted by Gasteiger charge is 2.33. The number of rotatable bonds is 11. The normalized spacial score (nSPS) is 12.3. The summed E-state index contributed by atoms with van der Waals surface area (Å²) in [6, 6.07) is 21.0. The number of carbonyl (C=O) groups is 2. The first-order chi connectivity index (χ1) is 18.8. The zero-order valence-electron chi connectivity index (χ0n) is 23.4. The topological polar surface area (TPSA) is 96.0 Å². The summed E-state index contributed by atoms with van der Waals surface area (Å²) in [5.41, 5.74) is 0.587. The molecule has 3 rings (SSSR count). The van der Waals surface area contributed by atoms with Crippen LogP contribution in [0.1, 0.15) is 40.2 Å². The van der Waals surface area contributed by atoms with Crippen LogP contribution in [0.4, 0.5) is 5.69 Å². The average molecular weight is 631 g/mol. The highest BCUT2D eigenvalue weighted by molar-refractivity contribution is 9.10. The summed E-state index contributed by atoms with van der Waals surface area (Å²) in [6.45, 7) is 9.15. The number of hydrogen-bond donors (Lipinski definition) is 1. The Kier molecular flexibility index (Phi) is 10.4. The van der Waals surface area contributed by atoms with Gasteiger partial charge in [-0.1, -0.05) is 46.3 Å². The smallest absolute Gasteiger partial charge is 0.264 e. The number of halogens is 1. The third-order valence-electron chi connectivity index (χ3n) is 5.98. The van der Waals surface area contributed by atoms with E-state index in [0.29, 0.717) is 18.0 Å². The lowest BCUT2D eigenvalue weighted by atomic mass is 10.1. The molecule has 40 heavy (non-hydrogen) atoms. The van der Waals surface area contributed by atoms with E-state index in [-0.39, 0.29) is 17.3 Å². The van der Waals surface area contributed by atoms with Crippen molar-refractivity contribution < 1.29 is 22.7 Å². The van der Waals surface area contributed by atoms with E-state index in [9.17, 15) is 18.0 Å². The molecule has 0 spiro atoms. The van der Waals surface area contributed by atoms with Crippen LogP contribution in [0.15, 0.2) is 88.2 Å². The Morgan fingerprint density at radius 3 is 2.10 bits per heavy atom. The standard InChI is InChI=1S/C30H36BrN3O5S/c1-6-39-26-18-16-25(17-19-26)34(40(37,38)27-10-8-7-9-11-27)21-28(35)33(20-23-12-14-24(31)15-13-23)22(2)29(36)32-30(3,4)5/h7-19,22H,6,20-21H2,1-5H3,(H,32,36). The monoisotopic (exact) mass is 629 g/mol. The van der Waals surface area contributed by atoms with Crippen molar-refractivity contribution in [2.24, 2.45) is 0 Å². The second-order valence-corrected chi connectivity index (χ2v) is 13.1. The number of amides is 2. The number of ether oxygens (including phenoxy) is 1. The van der Waals surface area contributed by atoms with Crippen molar-refractivity contribution in [2.75, 3.05) is 17.5 Å². The Hall–Kier alpha value is -3.37. The molecule has 0 aliphatic rings. The maximum atomic E-state index is 14.0. The van der Waals surface area contributed by atoms with Gasteiger partial charge in [-0.05, 0) is 88.7 Å². The molecule has 0 aromatic heterocycles. The number of hydrogen-bond acceptors (Lipinski definition) is 5. The van der Waals surface area contributed by atoms with Gasteiger partial charge in [0.2, 0.25) is 11.8 Å². The van der Waals surface area contributed by atoms with E-state index in [1.165, 1.54) is 17.0 Å². The lowest BCUT2D eigenvalue weighted by Crippen LogP contribution is -2.54. The molecule has 214 valence electrons. The zero-order chi connectivity index (χ0) is 29.5. The highest BCUT2D eigenvalue weighted by Crippen LogP contribution is 2.27. The summed E-state index contributed by atoms with van der Waals surface area (Å²) in [7, 11) is -4.12. The van der Waals surface area contributed by atoms with Crippen molar-refractivity contribution in [2.45, 2.75) is 57.6 Å². The second kappa shape index (κ2) is 13.3. The predicted octanol–water partition coefficient (Wildman–Crippen LogP) is 5.38. The fraction of sp³-hybridized carbons (Fsp3) is 0.333. The molecule has 1 atom stereocenters. The number of carbonyl (C=O) groups excluding carboxylic acids is 2. The van der Waals surface area contributed by atoms with Crippen molar-refractivity contribution in [3.63, 3.8) is 0 Å². The van der Waals surface area contributed by atoms with Gasteiger partial charge in [-0.2, -0.15) is 0 Å². The molecule has 1 N–H and O–H groups in total. The number of nitrogens with zero attached hydrogens (tertiary/aromatic N) is 2. The summed E-state index contributed by atoms with van der Waals surface area (Å²) in [5.74, 6) is -0.275. The minimum Gasteiger partial charge on any atom is -0.494 e. The number of nitrogens with one attached hydrogen (secondary N) is 1. The summed E-state index contributed by atoms with van der Waals surface area (Å²) in [5, 5.41) is 2.92. The lowest BCUT2D eigenvalue weighted by Gasteiger charge is -2.33. The summed E-state index contributed by atoms with van der Waals surface area (Å²) in [6.07, 6.45) is 0. The first kappa shape index (κ1) is 31.2. The van der Waals surface area contributed by atoms with Crippen LogP contribution >= 0.6 is 15.9 Å². The molecule has 0 fully saturated rings. The molecule has 3 aromatic carbocycles. The SMILES string of the molecule is CCOc1ccc(N(CC(=O)N(Cc2ccc(Br)cc2)C(C)C(=O)NC(C)(C)C)S(=O)(=O)c2ccccc2)cc1. The summed E-state index contributed by atoms with van der Waals surface area (Å²) < 4.78 is 35.1. The van der Waals surface area contributed by atoms with Gasteiger partial charge in [0.15, 0.2) is 0 Å². The minimum atomic E-state index is -4.12. The molecule has 3 aromatic rings. The van der Waals surface area contributed by atoms with Crippen LogP contribution in [0.25, 0.3) is 0 Å². The largest absolute Gasteiger partial charge is 0.494 e. The van der Waals surface area contributed by atoms with Gasteiger partial charge in [-0.3, -0.25) is 13.9 Å². The third-order valence-corrected chi connectivity index (χ3v) is 8.29. The molecule has 0 heterocycles. The van der Waals surface area contributed by atoms with Crippen LogP contribution in [0.2, 0.25) is 0 Å². The van der Waals surface area contributed by atoms with Crippen molar-refractivity contribution >= 4 is 43.5 Å². The molecule has 8 nitrogen and oxygen atoms in total. The Morgan fingerprint density at radius 2 is 1.55 bits per heavy atom. The molecular weight excluding hydrogens is 594 g/mol. The van der Waals surface area contributed by atoms with Gasteiger partial charge in [0, 0.05) is 16.6 Å². The van der Waals surface area contributed by atoms with E-state index in [2.05, 4.69) is 21.2 Å². The number of anilines is 1. The molecule has 0 saturated carbocycles. The maximum Gasteiger partial charge on any atom is 0.264 e. The van der Waals surface area contributed by atoms with Crippen LogP contribution in [0, 0.1) is 0 Å². The molecule has 0 aliphatic carbocycles. The zero-order valence-corrected chi connectivity index (χ0v) is 25.8. The van der Waals surface area contributed by atoms with Gasteiger partial charge in [-0.25, -0.2) is 8.42 Å². The van der Waals surface area contributed by atoms with Crippen LogP contribution in [-0.2, 0) is 26.2 Å². The Balaban J connectivity index is 2.02. The van der Waals surface area contributed by atoms with E-state index < -0.39 is 34.1 Å². The Bertz CT molecular complexity index is 1390. The van der Waals surface area contributed by atoms with Gasteiger partial charge in [0.1, 0.15) is 18.3 Å². The van der Waals surface area contributed by atoms with E-state index in [1.54, 1.807) is 49.4 Å². The van der Waals surface area contributed by atoms with Crippen molar-refractivity contribution in [3.8, 4) is 5.75 Å². The summed E-state index contributed by atoms with van der Waals surface area (Å²) in [4.78, 5) is 28.6. The molecule has 0 saturated heterocycles. The lowest BCUT2D eigenvalue weighted by molar-refractivity contribution is -0.140. The molecule has 10 heteroatoms. The fourth-order valence-corrected chi connectivity index (χ4v) is 5.67.